The lowest BCUT2D eigenvalue weighted by atomic mass is 10.3. The van der Waals surface area contributed by atoms with Crippen LogP contribution in [0.3, 0.4) is 0 Å². The second-order valence-electron chi connectivity index (χ2n) is 2.94. The van der Waals surface area contributed by atoms with Crippen molar-refractivity contribution in [3.8, 4) is 0 Å². The highest BCUT2D eigenvalue weighted by Gasteiger charge is 1.98. The van der Waals surface area contributed by atoms with Crippen molar-refractivity contribution in [3.05, 3.63) is 27.8 Å². The van der Waals surface area contributed by atoms with Crippen LogP contribution in [0.1, 0.15) is 6.92 Å². The van der Waals surface area contributed by atoms with Gasteiger partial charge in [-0.3, -0.25) is 0 Å². The van der Waals surface area contributed by atoms with Crippen molar-refractivity contribution in [1.82, 2.24) is 0 Å². The summed E-state index contributed by atoms with van der Waals surface area (Å²) in [6.07, 6.45) is 0.248. The van der Waals surface area contributed by atoms with Gasteiger partial charge in [0.1, 0.15) is 0 Å². The lowest BCUT2D eigenvalue weighted by Gasteiger charge is -2.11. The summed E-state index contributed by atoms with van der Waals surface area (Å²) < 4.78 is 6.38. The molecule has 0 fully saturated rings. The molecule has 0 amide bonds. The molecular weight excluding hydrogens is 277 g/mol. The largest absolute Gasteiger partial charge is 0.382 e. The lowest BCUT2D eigenvalue weighted by Crippen LogP contribution is -2.17. The topological polar surface area (TPSA) is 21.3 Å². The Balaban J connectivity index is 2.45. The highest BCUT2D eigenvalue weighted by Crippen LogP contribution is 2.12. The molecule has 1 atom stereocenters. The van der Waals surface area contributed by atoms with Crippen LogP contribution < -0.4 is 5.32 Å². The van der Waals surface area contributed by atoms with E-state index < -0.39 is 0 Å². The molecule has 0 saturated heterocycles. The predicted octanol–water partition coefficient (Wildman–Crippen LogP) is 2.74. The van der Waals surface area contributed by atoms with Crippen LogP contribution in [0.5, 0.6) is 0 Å². The summed E-state index contributed by atoms with van der Waals surface area (Å²) in [4.78, 5) is 0. The van der Waals surface area contributed by atoms with Crippen molar-refractivity contribution in [3.63, 3.8) is 0 Å². The zero-order valence-corrected chi connectivity index (χ0v) is 10.0. The summed E-state index contributed by atoms with van der Waals surface area (Å²) in [6, 6.07) is 8.29. The molecule has 0 heterocycles. The summed E-state index contributed by atoms with van der Waals surface area (Å²) in [5.41, 5.74) is 1.15. The lowest BCUT2D eigenvalue weighted by molar-refractivity contribution is 0.129. The maximum absolute atomic E-state index is 5.14. The third kappa shape index (κ3) is 3.95. The fourth-order valence-electron chi connectivity index (χ4n) is 0.943. The van der Waals surface area contributed by atoms with Crippen LogP contribution in [0.4, 0.5) is 5.69 Å². The van der Waals surface area contributed by atoms with E-state index in [4.69, 9.17) is 4.74 Å². The fraction of sp³-hybridized carbons (Fsp3) is 0.400. The molecule has 3 heteroatoms. The standard InChI is InChI=1S/C10H14INO/c1-8(13-2)7-12-10-5-3-4-9(11)6-10/h3-6,8,12H,7H2,1-2H3. The van der Waals surface area contributed by atoms with Gasteiger partial charge in [0.2, 0.25) is 0 Å². The van der Waals surface area contributed by atoms with Crippen molar-refractivity contribution in [2.24, 2.45) is 0 Å². The maximum Gasteiger partial charge on any atom is 0.0715 e. The summed E-state index contributed by atoms with van der Waals surface area (Å²) in [6.45, 7) is 2.89. The van der Waals surface area contributed by atoms with E-state index in [0.717, 1.165) is 12.2 Å². The molecule has 0 aliphatic heterocycles. The summed E-state index contributed by atoms with van der Waals surface area (Å²) in [5, 5.41) is 3.31. The van der Waals surface area contributed by atoms with Gasteiger partial charge in [0, 0.05) is 22.9 Å². The molecule has 0 aliphatic rings. The monoisotopic (exact) mass is 291 g/mol. The molecule has 1 rings (SSSR count). The van der Waals surface area contributed by atoms with Crippen LogP contribution in [0.15, 0.2) is 24.3 Å². The Hall–Kier alpha value is -0.290. The number of nitrogens with one attached hydrogen (secondary N) is 1. The summed E-state index contributed by atoms with van der Waals surface area (Å²) in [5.74, 6) is 0. The minimum Gasteiger partial charge on any atom is -0.382 e. The molecule has 0 aliphatic carbocycles. The highest BCUT2D eigenvalue weighted by atomic mass is 127. The van der Waals surface area contributed by atoms with Crippen molar-refractivity contribution < 1.29 is 4.74 Å². The number of methoxy groups -OCH3 is 1. The first-order valence-corrected chi connectivity index (χ1v) is 5.32. The van der Waals surface area contributed by atoms with Crippen LogP contribution in [-0.4, -0.2) is 19.8 Å². The smallest absolute Gasteiger partial charge is 0.0715 e. The van der Waals surface area contributed by atoms with Gasteiger partial charge in [-0.05, 0) is 47.7 Å². The summed E-state index contributed by atoms with van der Waals surface area (Å²) >= 11 is 2.30. The van der Waals surface area contributed by atoms with E-state index in [1.165, 1.54) is 3.57 Å². The van der Waals surface area contributed by atoms with E-state index in [2.05, 4.69) is 46.1 Å². The molecule has 1 unspecified atom stereocenters. The average Bonchev–Trinajstić information content (AvgIpc) is 2.14. The molecule has 13 heavy (non-hydrogen) atoms. The molecule has 72 valence electrons. The fourth-order valence-corrected chi connectivity index (χ4v) is 1.49. The molecule has 0 radical (unpaired) electrons. The SMILES string of the molecule is COC(C)CNc1cccc(I)c1. The van der Waals surface area contributed by atoms with E-state index in [9.17, 15) is 0 Å². The second-order valence-corrected chi connectivity index (χ2v) is 4.18. The van der Waals surface area contributed by atoms with Gasteiger partial charge in [0.25, 0.3) is 0 Å². The van der Waals surface area contributed by atoms with Gasteiger partial charge in [-0.15, -0.1) is 0 Å². The van der Waals surface area contributed by atoms with Crippen molar-refractivity contribution in [1.29, 1.82) is 0 Å². The van der Waals surface area contributed by atoms with Gasteiger partial charge in [-0.2, -0.15) is 0 Å². The summed E-state index contributed by atoms with van der Waals surface area (Å²) in [7, 11) is 1.72. The van der Waals surface area contributed by atoms with E-state index in [1.54, 1.807) is 7.11 Å². The molecule has 1 N–H and O–H groups in total. The highest BCUT2D eigenvalue weighted by molar-refractivity contribution is 14.1. The number of anilines is 1. The van der Waals surface area contributed by atoms with Gasteiger partial charge in [-0.1, -0.05) is 6.07 Å². The molecule has 0 saturated carbocycles. The van der Waals surface area contributed by atoms with Gasteiger partial charge in [0.15, 0.2) is 0 Å². The molecule has 1 aromatic rings. The van der Waals surface area contributed by atoms with E-state index >= 15 is 0 Å². The Labute approximate surface area is 92.8 Å². The zero-order chi connectivity index (χ0) is 9.68. The normalized spacial score (nSPS) is 12.5. The van der Waals surface area contributed by atoms with Crippen LogP contribution in [0.25, 0.3) is 0 Å². The van der Waals surface area contributed by atoms with E-state index in [0.29, 0.717) is 0 Å². The molecule has 0 bridgehead atoms. The quantitative estimate of drug-likeness (QED) is 0.861. The minimum atomic E-state index is 0.248. The number of hydrogen-bond acceptors (Lipinski definition) is 2. The first kappa shape index (κ1) is 10.8. The first-order chi connectivity index (χ1) is 6.22. The number of benzene rings is 1. The zero-order valence-electron chi connectivity index (χ0n) is 7.88. The molecular formula is C10H14INO. The third-order valence-corrected chi connectivity index (χ3v) is 2.49. The Morgan fingerprint density at radius 1 is 1.54 bits per heavy atom. The van der Waals surface area contributed by atoms with Crippen molar-refractivity contribution in [2.75, 3.05) is 19.0 Å². The van der Waals surface area contributed by atoms with Crippen LogP contribution >= 0.6 is 22.6 Å². The molecule has 0 spiro atoms. The van der Waals surface area contributed by atoms with E-state index in [1.807, 2.05) is 13.0 Å². The molecule has 2 nitrogen and oxygen atoms in total. The number of hydrogen-bond donors (Lipinski definition) is 1. The second kappa shape index (κ2) is 5.44. The number of rotatable bonds is 4. The number of ether oxygens (including phenoxy) is 1. The van der Waals surface area contributed by atoms with Crippen LogP contribution in [0, 0.1) is 3.57 Å². The molecule has 1 aromatic carbocycles. The minimum absolute atomic E-state index is 0.248. The Bertz CT molecular complexity index is 265. The van der Waals surface area contributed by atoms with Gasteiger partial charge < -0.3 is 10.1 Å². The van der Waals surface area contributed by atoms with Crippen molar-refractivity contribution >= 4 is 28.3 Å². The maximum atomic E-state index is 5.14. The molecule has 0 aromatic heterocycles. The average molecular weight is 291 g/mol. The first-order valence-electron chi connectivity index (χ1n) is 4.24. The third-order valence-electron chi connectivity index (χ3n) is 1.82. The Kier molecular flexibility index (Phi) is 4.52. The van der Waals surface area contributed by atoms with E-state index in [-0.39, 0.29) is 6.10 Å². The van der Waals surface area contributed by atoms with Crippen molar-refractivity contribution in [2.45, 2.75) is 13.0 Å². The Morgan fingerprint density at radius 3 is 2.92 bits per heavy atom. The van der Waals surface area contributed by atoms with Gasteiger partial charge in [-0.25, -0.2) is 0 Å². The van der Waals surface area contributed by atoms with Gasteiger partial charge >= 0.3 is 0 Å². The van der Waals surface area contributed by atoms with Crippen LogP contribution in [0.2, 0.25) is 0 Å². The van der Waals surface area contributed by atoms with Gasteiger partial charge in [0.05, 0.1) is 6.10 Å². The Morgan fingerprint density at radius 2 is 2.31 bits per heavy atom. The predicted molar refractivity (Wildman–Crippen MR) is 64.1 cm³/mol. The van der Waals surface area contributed by atoms with Crippen LogP contribution in [-0.2, 0) is 4.74 Å². The number of halogens is 1.